The van der Waals surface area contributed by atoms with Crippen molar-refractivity contribution in [1.82, 2.24) is 5.32 Å². The van der Waals surface area contributed by atoms with Crippen LogP contribution >= 0.6 is 0 Å². The van der Waals surface area contributed by atoms with E-state index in [0.717, 1.165) is 32.2 Å². The fraction of sp³-hybridized carbons (Fsp3) is 0.647. The first kappa shape index (κ1) is 13.1. The molecule has 0 unspecified atom stereocenters. The standard InChI is InChI=1S/C17H25NO/c1-12-8-13(2)16(14(3)9-12)17(10-19-11-17)15-4-6-18-7-5-15/h8-9,15,18H,4-7,10-11H2,1-3H3. The average molecular weight is 259 g/mol. The minimum atomic E-state index is 0.296. The lowest BCUT2D eigenvalue weighted by molar-refractivity contribution is -0.0969. The van der Waals surface area contributed by atoms with Crippen molar-refractivity contribution in [3.63, 3.8) is 0 Å². The summed E-state index contributed by atoms with van der Waals surface area (Å²) < 4.78 is 5.67. The highest BCUT2D eigenvalue weighted by atomic mass is 16.5. The van der Waals surface area contributed by atoms with Crippen LogP contribution in [0.25, 0.3) is 0 Å². The van der Waals surface area contributed by atoms with Gasteiger partial charge in [0, 0.05) is 5.41 Å². The van der Waals surface area contributed by atoms with Gasteiger partial charge in [0.15, 0.2) is 0 Å². The number of aryl methyl sites for hydroxylation is 3. The Morgan fingerprint density at radius 2 is 1.63 bits per heavy atom. The van der Waals surface area contributed by atoms with Crippen LogP contribution in [-0.4, -0.2) is 26.3 Å². The first-order valence-electron chi connectivity index (χ1n) is 7.50. The van der Waals surface area contributed by atoms with E-state index < -0.39 is 0 Å². The minimum absolute atomic E-state index is 0.296. The third-order valence-corrected chi connectivity index (χ3v) is 5.01. The van der Waals surface area contributed by atoms with Crippen molar-refractivity contribution in [3.8, 4) is 0 Å². The van der Waals surface area contributed by atoms with E-state index in [4.69, 9.17) is 4.74 Å². The highest BCUT2D eigenvalue weighted by Gasteiger charge is 2.48. The van der Waals surface area contributed by atoms with Crippen LogP contribution in [0.2, 0.25) is 0 Å². The molecule has 19 heavy (non-hydrogen) atoms. The van der Waals surface area contributed by atoms with Gasteiger partial charge in [0.1, 0.15) is 0 Å². The number of nitrogens with one attached hydrogen (secondary N) is 1. The summed E-state index contributed by atoms with van der Waals surface area (Å²) in [5, 5.41) is 3.48. The fourth-order valence-electron chi connectivity index (χ4n) is 4.25. The molecule has 0 saturated carbocycles. The second kappa shape index (κ2) is 4.92. The van der Waals surface area contributed by atoms with Crippen molar-refractivity contribution < 1.29 is 4.74 Å². The Morgan fingerprint density at radius 1 is 1.05 bits per heavy atom. The molecular formula is C17H25NO. The van der Waals surface area contributed by atoms with Crippen molar-refractivity contribution >= 4 is 0 Å². The fourth-order valence-corrected chi connectivity index (χ4v) is 4.25. The molecular weight excluding hydrogens is 234 g/mol. The van der Waals surface area contributed by atoms with Gasteiger partial charge in [-0.15, -0.1) is 0 Å². The normalized spacial score (nSPS) is 23.1. The van der Waals surface area contributed by atoms with Crippen LogP contribution in [0.4, 0.5) is 0 Å². The zero-order valence-corrected chi connectivity index (χ0v) is 12.4. The third-order valence-electron chi connectivity index (χ3n) is 5.01. The molecule has 1 aromatic carbocycles. The smallest absolute Gasteiger partial charge is 0.0588 e. The van der Waals surface area contributed by atoms with Gasteiger partial charge in [-0.25, -0.2) is 0 Å². The molecule has 1 aromatic rings. The zero-order valence-electron chi connectivity index (χ0n) is 12.4. The zero-order chi connectivity index (χ0) is 13.5. The molecule has 1 N–H and O–H groups in total. The summed E-state index contributed by atoms with van der Waals surface area (Å²) in [6.45, 7) is 10.9. The summed E-state index contributed by atoms with van der Waals surface area (Å²) in [4.78, 5) is 0. The number of ether oxygens (including phenoxy) is 1. The maximum Gasteiger partial charge on any atom is 0.0588 e. The monoisotopic (exact) mass is 259 g/mol. The van der Waals surface area contributed by atoms with Gasteiger partial charge in [-0.05, 0) is 69.3 Å². The van der Waals surface area contributed by atoms with E-state index >= 15 is 0 Å². The Hall–Kier alpha value is -0.860. The molecule has 0 radical (unpaired) electrons. The van der Waals surface area contributed by atoms with Crippen molar-refractivity contribution in [2.45, 2.75) is 39.0 Å². The number of rotatable bonds is 2. The number of benzene rings is 1. The Morgan fingerprint density at radius 3 is 2.11 bits per heavy atom. The lowest BCUT2D eigenvalue weighted by atomic mass is 9.63. The molecule has 0 bridgehead atoms. The summed E-state index contributed by atoms with van der Waals surface area (Å²) in [5.74, 6) is 0.780. The first-order chi connectivity index (χ1) is 9.13. The van der Waals surface area contributed by atoms with Gasteiger partial charge < -0.3 is 10.1 Å². The summed E-state index contributed by atoms with van der Waals surface area (Å²) in [7, 11) is 0. The maximum atomic E-state index is 5.67. The van der Waals surface area contributed by atoms with Crippen LogP contribution in [0.1, 0.15) is 35.1 Å². The molecule has 0 amide bonds. The van der Waals surface area contributed by atoms with Crippen LogP contribution in [0.5, 0.6) is 0 Å². The van der Waals surface area contributed by atoms with Crippen LogP contribution in [0.3, 0.4) is 0 Å². The van der Waals surface area contributed by atoms with E-state index in [1.807, 2.05) is 0 Å². The third kappa shape index (κ3) is 2.11. The number of hydrogen-bond acceptors (Lipinski definition) is 2. The van der Waals surface area contributed by atoms with Gasteiger partial charge in [0.2, 0.25) is 0 Å². The van der Waals surface area contributed by atoms with E-state index in [2.05, 4.69) is 38.2 Å². The Bertz CT molecular complexity index is 447. The molecule has 2 aliphatic heterocycles. The largest absolute Gasteiger partial charge is 0.379 e. The van der Waals surface area contributed by atoms with Crippen molar-refractivity contribution in [1.29, 1.82) is 0 Å². The molecule has 0 aromatic heterocycles. The lowest BCUT2D eigenvalue weighted by Gasteiger charge is -2.50. The van der Waals surface area contributed by atoms with Crippen LogP contribution in [-0.2, 0) is 10.2 Å². The van der Waals surface area contributed by atoms with E-state index in [-0.39, 0.29) is 0 Å². The van der Waals surface area contributed by atoms with E-state index in [9.17, 15) is 0 Å². The van der Waals surface area contributed by atoms with Gasteiger partial charge in [-0.1, -0.05) is 17.7 Å². The van der Waals surface area contributed by atoms with Crippen molar-refractivity contribution in [2.24, 2.45) is 5.92 Å². The van der Waals surface area contributed by atoms with Gasteiger partial charge in [0.25, 0.3) is 0 Å². The van der Waals surface area contributed by atoms with Gasteiger partial charge >= 0.3 is 0 Å². The molecule has 0 spiro atoms. The molecule has 2 aliphatic rings. The predicted octanol–water partition coefficient (Wildman–Crippen LogP) is 2.88. The molecule has 2 heteroatoms. The van der Waals surface area contributed by atoms with Crippen LogP contribution in [0.15, 0.2) is 12.1 Å². The highest BCUT2D eigenvalue weighted by Crippen LogP contribution is 2.46. The molecule has 0 atom stereocenters. The molecule has 2 fully saturated rings. The van der Waals surface area contributed by atoms with Crippen LogP contribution < -0.4 is 5.32 Å². The number of hydrogen-bond donors (Lipinski definition) is 1. The molecule has 3 rings (SSSR count). The molecule has 104 valence electrons. The molecule has 2 saturated heterocycles. The Labute approximate surface area is 116 Å². The van der Waals surface area contributed by atoms with E-state index in [1.54, 1.807) is 5.56 Å². The minimum Gasteiger partial charge on any atom is -0.379 e. The predicted molar refractivity (Wildman–Crippen MR) is 78.7 cm³/mol. The molecule has 2 heterocycles. The summed E-state index contributed by atoms with van der Waals surface area (Å²) >= 11 is 0. The lowest BCUT2D eigenvalue weighted by Crippen LogP contribution is -2.55. The van der Waals surface area contributed by atoms with E-state index in [1.165, 1.54) is 29.5 Å². The van der Waals surface area contributed by atoms with Gasteiger partial charge in [-0.3, -0.25) is 0 Å². The average Bonchev–Trinajstić information content (AvgIpc) is 2.32. The SMILES string of the molecule is Cc1cc(C)c(C2(C3CCNCC3)COC2)c(C)c1. The van der Waals surface area contributed by atoms with E-state index in [0.29, 0.717) is 5.41 Å². The summed E-state index contributed by atoms with van der Waals surface area (Å²) in [6, 6.07) is 4.67. The number of piperidine rings is 1. The second-order valence-corrected chi connectivity index (χ2v) is 6.45. The van der Waals surface area contributed by atoms with Crippen LogP contribution in [0, 0.1) is 26.7 Å². The second-order valence-electron chi connectivity index (χ2n) is 6.45. The quantitative estimate of drug-likeness (QED) is 0.882. The van der Waals surface area contributed by atoms with Gasteiger partial charge in [0.05, 0.1) is 13.2 Å². The van der Waals surface area contributed by atoms with Gasteiger partial charge in [-0.2, -0.15) is 0 Å². The Balaban J connectivity index is 2.02. The van der Waals surface area contributed by atoms with Crippen molar-refractivity contribution in [3.05, 3.63) is 34.4 Å². The molecule has 0 aliphatic carbocycles. The summed E-state index contributed by atoms with van der Waals surface area (Å²) in [5.41, 5.74) is 6.17. The summed E-state index contributed by atoms with van der Waals surface area (Å²) in [6.07, 6.45) is 2.58. The Kier molecular flexibility index (Phi) is 3.40. The maximum absolute atomic E-state index is 5.67. The highest BCUT2D eigenvalue weighted by molar-refractivity contribution is 5.44. The first-order valence-corrected chi connectivity index (χ1v) is 7.50. The molecule has 2 nitrogen and oxygen atoms in total. The topological polar surface area (TPSA) is 21.3 Å². The van der Waals surface area contributed by atoms with Crippen molar-refractivity contribution in [2.75, 3.05) is 26.3 Å².